The van der Waals surface area contributed by atoms with Crippen LogP contribution in [0.1, 0.15) is 44.0 Å². The molecule has 3 heterocycles. The van der Waals surface area contributed by atoms with Crippen LogP contribution in [0, 0.1) is 0 Å². The lowest BCUT2D eigenvalue weighted by molar-refractivity contribution is -0.142. The number of amides is 5. The first-order valence-corrected chi connectivity index (χ1v) is 13.5. The van der Waals surface area contributed by atoms with Crippen LogP contribution in [0.2, 0.25) is 0 Å². The number of imidazole rings is 2. The SMILES string of the molecule is CC(=O)N[C@@H](Cc1cnc[nH]1)C(=O)N1CCC[C@H]1C(=O)N[C@@H](Cc1cnc[nH]1)C(=O)N[C@@H](CCCN=C(N)N)C(N)=O. The number of nitrogens with one attached hydrogen (secondary N) is 5. The van der Waals surface area contributed by atoms with Gasteiger partial charge in [-0.15, -0.1) is 0 Å². The van der Waals surface area contributed by atoms with Crippen LogP contribution in [0.25, 0.3) is 0 Å². The number of primary amides is 1. The lowest BCUT2D eigenvalue weighted by Gasteiger charge is -2.30. The molecule has 17 heteroatoms. The van der Waals surface area contributed by atoms with Crippen molar-refractivity contribution in [1.82, 2.24) is 40.8 Å². The first-order chi connectivity index (χ1) is 20.0. The Kier molecular flexibility index (Phi) is 11.4. The van der Waals surface area contributed by atoms with Crippen molar-refractivity contribution >= 4 is 35.5 Å². The zero-order valence-electron chi connectivity index (χ0n) is 23.3. The molecule has 0 aliphatic carbocycles. The number of guanidine groups is 1. The molecule has 42 heavy (non-hydrogen) atoms. The van der Waals surface area contributed by atoms with Gasteiger partial charge in [0.2, 0.25) is 29.5 Å². The molecular weight excluding hydrogens is 548 g/mol. The summed E-state index contributed by atoms with van der Waals surface area (Å²) in [6.45, 7) is 1.84. The average Bonchev–Trinajstić information content (AvgIpc) is 3.72. The van der Waals surface area contributed by atoms with E-state index in [2.05, 4.69) is 40.9 Å². The van der Waals surface area contributed by atoms with Gasteiger partial charge in [-0.25, -0.2) is 9.97 Å². The smallest absolute Gasteiger partial charge is 0.246 e. The van der Waals surface area contributed by atoms with E-state index >= 15 is 0 Å². The third-order valence-electron chi connectivity index (χ3n) is 6.71. The van der Waals surface area contributed by atoms with E-state index in [1.807, 2.05) is 0 Å². The van der Waals surface area contributed by atoms with Gasteiger partial charge in [0.25, 0.3) is 0 Å². The minimum absolute atomic E-state index is 0.0338. The van der Waals surface area contributed by atoms with Crippen LogP contribution in [-0.2, 0) is 36.8 Å². The van der Waals surface area contributed by atoms with Gasteiger partial charge in [-0.2, -0.15) is 0 Å². The maximum atomic E-state index is 13.5. The number of nitrogens with zero attached hydrogens (tertiary/aromatic N) is 4. The van der Waals surface area contributed by atoms with Crippen LogP contribution in [0.3, 0.4) is 0 Å². The maximum Gasteiger partial charge on any atom is 0.246 e. The Morgan fingerprint density at radius 2 is 1.62 bits per heavy atom. The highest BCUT2D eigenvalue weighted by molar-refractivity contribution is 5.95. The number of H-pyrrole nitrogens is 2. The summed E-state index contributed by atoms with van der Waals surface area (Å²) in [5.74, 6) is -2.87. The van der Waals surface area contributed by atoms with Gasteiger partial charge in [0.15, 0.2) is 5.96 Å². The van der Waals surface area contributed by atoms with E-state index in [0.717, 1.165) is 0 Å². The molecule has 2 aromatic heterocycles. The summed E-state index contributed by atoms with van der Waals surface area (Å²) >= 11 is 0. The number of carbonyl (C=O) groups is 5. The second-order valence-electron chi connectivity index (χ2n) is 9.98. The molecule has 11 N–H and O–H groups in total. The minimum Gasteiger partial charge on any atom is -0.370 e. The lowest BCUT2D eigenvalue weighted by atomic mass is 10.1. The fourth-order valence-electron chi connectivity index (χ4n) is 4.72. The van der Waals surface area contributed by atoms with Crippen molar-refractivity contribution in [3.63, 3.8) is 0 Å². The first kappa shape index (κ1) is 31.6. The van der Waals surface area contributed by atoms with Gasteiger partial charge in [-0.3, -0.25) is 29.0 Å². The summed E-state index contributed by atoms with van der Waals surface area (Å²) in [5, 5.41) is 7.98. The predicted octanol–water partition coefficient (Wildman–Crippen LogP) is -3.08. The first-order valence-electron chi connectivity index (χ1n) is 13.5. The van der Waals surface area contributed by atoms with Gasteiger partial charge >= 0.3 is 0 Å². The number of nitrogens with two attached hydrogens (primary N) is 3. The summed E-state index contributed by atoms with van der Waals surface area (Å²) in [7, 11) is 0. The summed E-state index contributed by atoms with van der Waals surface area (Å²) in [5.41, 5.74) is 17.3. The fraction of sp³-hybridized carbons (Fsp3) is 0.520. The Bertz CT molecular complexity index is 1240. The lowest BCUT2D eigenvalue weighted by Crippen LogP contribution is -2.58. The van der Waals surface area contributed by atoms with Crippen molar-refractivity contribution < 1.29 is 24.0 Å². The highest BCUT2D eigenvalue weighted by Crippen LogP contribution is 2.20. The van der Waals surface area contributed by atoms with Crippen LogP contribution in [0.5, 0.6) is 0 Å². The van der Waals surface area contributed by atoms with E-state index < -0.39 is 53.7 Å². The molecule has 1 saturated heterocycles. The molecule has 0 aromatic carbocycles. The second-order valence-corrected chi connectivity index (χ2v) is 9.98. The molecule has 228 valence electrons. The van der Waals surface area contributed by atoms with Crippen LogP contribution >= 0.6 is 0 Å². The standard InChI is InChI=1S/C25H38N12O5/c1-14(38)34-19(9-16-11-30-13-33-16)24(42)37-7-3-5-20(37)23(41)36-18(8-15-10-29-12-32-15)22(40)35-17(21(26)39)4-2-6-31-25(27)28/h10-13,17-20H,2-9H2,1H3,(H2,26,39)(H,29,32)(H,30,33)(H,34,38)(H,35,40)(H,36,41)(H4,27,28,31)/t17-,18-,19-,20-/m0/s1. The number of hydrogen-bond acceptors (Lipinski definition) is 8. The number of likely N-dealkylation sites (tertiary alicyclic amines) is 1. The van der Waals surface area contributed by atoms with Crippen molar-refractivity contribution in [2.45, 2.75) is 69.6 Å². The molecule has 1 aliphatic rings. The van der Waals surface area contributed by atoms with E-state index in [1.165, 1.54) is 30.7 Å². The van der Waals surface area contributed by atoms with Crippen molar-refractivity contribution in [3.8, 4) is 0 Å². The zero-order chi connectivity index (χ0) is 30.6. The molecule has 1 aliphatic heterocycles. The molecule has 0 saturated carbocycles. The van der Waals surface area contributed by atoms with Gasteiger partial charge in [0.05, 0.1) is 12.7 Å². The molecule has 0 spiro atoms. The Hall–Kier alpha value is -4.96. The third kappa shape index (κ3) is 9.31. The summed E-state index contributed by atoms with van der Waals surface area (Å²) < 4.78 is 0. The summed E-state index contributed by atoms with van der Waals surface area (Å²) in [6, 6.07) is -3.95. The summed E-state index contributed by atoms with van der Waals surface area (Å²) in [6.07, 6.45) is 7.61. The highest BCUT2D eigenvalue weighted by Gasteiger charge is 2.39. The second kappa shape index (κ2) is 15.2. The molecule has 4 atom stereocenters. The summed E-state index contributed by atoms with van der Waals surface area (Å²) in [4.78, 5) is 83.2. The predicted molar refractivity (Wildman–Crippen MR) is 150 cm³/mol. The minimum atomic E-state index is -1.12. The van der Waals surface area contributed by atoms with Crippen LogP contribution in [0.4, 0.5) is 0 Å². The van der Waals surface area contributed by atoms with Gasteiger partial charge < -0.3 is 48.0 Å². The topological polar surface area (TPSA) is 272 Å². The third-order valence-corrected chi connectivity index (χ3v) is 6.71. The number of carbonyl (C=O) groups excluding carboxylic acids is 5. The van der Waals surface area contributed by atoms with Gasteiger partial charge in [0, 0.05) is 56.6 Å². The normalized spacial score (nSPS) is 16.6. The van der Waals surface area contributed by atoms with Crippen molar-refractivity contribution in [3.05, 3.63) is 36.4 Å². The quantitative estimate of drug-likeness (QED) is 0.0596. The molecule has 0 radical (unpaired) electrons. The Labute approximate surface area is 241 Å². The van der Waals surface area contributed by atoms with E-state index in [9.17, 15) is 24.0 Å². The number of aromatic nitrogens is 4. The van der Waals surface area contributed by atoms with Crippen LogP contribution < -0.4 is 33.2 Å². The molecular formula is C25H38N12O5. The van der Waals surface area contributed by atoms with Gasteiger partial charge in [0.1, 0.15) is 24.2 Å². The number of aliphatic imine (C=N–C) groups is 1. The molecule has 0 bridgehead atoms. The van der Waals surface area contributed by atoms with E-state index in [1.54, 1.807) is 6.20 Å². The Balaban J connectivity index is 1.72. The monoisotopic (exact) mass is 586 g/mol. The van der Waals surface area contributed by atoms with Crippen molar-refractivity contribution in [1.29, 1.82) is 0 Å². The van der Waals surface area contributed by atoms with Crippen LogP contribution in [-0.4, -0.2) is 97.6 Å². The molecule has 0 unspecified atom stereocenters. The molecule has 1 fully saturated rings. The van der Waals surface area contributed by atoms with Crippen molar-refractivity contribution in [2.24, 2.45) is 22.2 Å². The average molecular weight is 587 g/mol. The Morgan fingerprint density at radius 3 is 2.17 bits per heavy atom. The van der Waals surface area contributed by atoms with Gasteiger partial charge in [-0.1, -0.05) is 0 Å². The van der Waals surface area contributed by atoms with Gasteiger partial charge in [-0.05, 0) is 25.7 Å². The molecule has 2 aromatic rings. The zero-order valence-corrected chi connectivity index (χ0v) is 23.3. The Morgan fingerprint density at radius 1 is 0.976 bits per heavy atom. The largest absolute Gasteiger partial charge is 0.370 e. The molecule has 5 amide bonds. The van der Waals surface area contributed by atoms with E-state index in [0.29, 0.717) is 37.2 Å². The molecule has 17 nitrogen and oxygen atoms in total. The highest BCUT2D eigenvalue weighted by atomic mass is 16.2. The van der Waals surface area contributed by atoms with E-state index in [4.69, 9.17) is 17.2 Å². The fourth-order valence-corrected chi connectivity index (χ4v) is 4.72. The van der Waals surface area contributed by atoms with E-state index in [-0.39, 0.29) is 31.8 Å². The van der Waals surface area contributed by atoms with Crippen molar-refractivity contribution in [2.75, 3.05) is 13.1 Å². The van der Waals surface area contributed by atoms with Crippen LogP contribution in [0.15, 0.2) is 30.0 Å². The number of rotatable bonds is 15. The molecule has 3 rings (SSSR count). The maximum absolute atomic E-state index is 13.5. The number of aromatic amines is 2. The number of hydrogen-bond donors (Lipinski definition) is 8.